The Morgan fingerprint density at radius 1 is 1.28 bits per heavy atom. The zero-order valence-electron chi connectivity index (χ0n) is 24.5. The van der Waals surface area contributed by atoms with Crippen molar-refractivity contribution >= 4 is 22.8 Å². The molecule has 1 spiro atoms. The molecular formula is C33H37N3O7. The van der Waals surface area contributed by atoms with Crippen LogP contribution in [0.2, 0.25) is 0 Å². The van der Waals surface area contributed by atoms with Gasteiger partial charge >= 0.3 is 11.6 Å². The van der Waals surface area contributed by atoms with E-state index in [2.05, 4.69) is 11.4 Å². The van der Waals surface area contributed by atoms with Gasteiger partial charge in [0.05, 0.1) is 12.2 Å². The average molecular weight is 588 g/mol. The Bertz CT molecular complexity index is 1660. The van der Waals surface area contributed by atoms with Crippen LogP contribution in [0.1, 0.15) is 45.1 Å². The number of hydrogen-bond donors (Lipinski definition) is 3. The molecule has 43 heavy (non-hydrogen) atoms. The topological polar surface area (TPSA) is 144 Å². The monoisotopic (exact) mass is 587 g/mol. The first-order chi connectivity index (χ1) is 20.7. The number of aliphatic hydroxyl groups is 1. The first-order valence-corrected chi connectivity index (χ1v) is 14.8. The number of likely N-dealkylation sites (tertiary alicyclic amines) is 1. The van der Waals surface area contributed by atoms with Crippen LogP contribution in [0.25, 0.3) is 11.0 Å². The van der Waals surface area contributed by atoms with Gasteiger partial charge in [0.2, 0.25) is 5.91 Å². The molecule has 226 valence electrons. The maximum Gasteiger partial charge on any atom is 0.336 e. The van der Waals surface area contributed by atoms with Crippen LogP contribution in [0.15, 0.2) is 80.3 Å². The van der Waals surface area contributed by atoms with Gasteiger partial charge in [0, 0.05) is 74.5 Å². The van der Waals surface area contributed by atoms with Gasteiger partial charge in [-0.3, -0.25) is 4.79 Å². The standard InChI is InChI=1S/C33H37N3O7/c1-3-20(9-13-37)31(40)43-32(2)10-4-6-25(24-16-28(34)35-19-23(24)15-29(38)36-11-5-12-36)33(32)18-22-14-21-7-8-30(39)41-26(21)17-27(22)42-33/h3-4,6-8,14,16-17,25,35,37H,5,9-13,15,18-19,34H2,1-2H3/b20-3+/t25-,32+,33+/m0/s1. The molecule has 0 bridgehead atoms. The van der Waals surface area contributed by atoms with Crippen molar-refractivity contribution in [3.63, 3.8) is 0 Å². The zero-order chi connectivity index (χ0) is 30.4. The normalized spacial score (nSPS) is 26.5. The summed E-state index contributed by atoms with van der Waals surface area (Å²) in [6.07, 6.45) is 9.74. The van der Waals surface area contributed by atoms with E-state index < -0.39 is 28.7 Å². The molecule has 4 aliphatic rings. The lowest BCUT2D eigenvalue weighted by Crippen LogP contribution is -2.63. The van der Waals surface area contributed by atoms with E-state index >= 15 is 0 Å². The number of nitrogens with zero attached hydrogens (tertiary/aromatic N) is 1. The minimum Gasteiger partial charge on any atom is -0.481 e. The van der Waals surface area contributed by atoms with Gasteiger partial charge in [-0.05, 0) is 55.2 Å². The highest BCUT2D eigenvalue weighted by Gasteiger charge is 2.62. The van der Waals surface area contributed by atoms with Gasteiger partial charge in [0.1, 0.15) is 11.3 Å². The fourth-order valence-corrected chi connectivity index (χ4v) is 6.65. The molecule has 4 heterocycles. The number of rotatable bonds is 7. The third kappa shape index (κ3) is 5.03. The van der Waals surface area contributed by atoms with Gasteiger partial charge in [0.15, 0.2) is 11.2 Å². The third-order valence-electron chi connectivity index (χ3n) is 9.22. The van der Waals surface area contributed by atoms with Gasteiger partial charge in [-0.15, -0.1) is 0 Å². The number of esters is 1. The van der Waals surface area contributed by atoms with Crippen LogP contribution >= 0.6 is 0 Å². The number of ether oxygens (including phenoxy) is 2. The number of aliphatic hydroxyl groups excluding tert-OH is 1. The highest BCUT2D eigenvalue weighted by atomic mass is 16.6. The van der Waals surface area contributed by atoms with E-state index in [1.165, 1.54) is 6.07 Å². The number of fused-ring (bicyclic) bond motifs is 2. The molecule has 1 aromatic heterocycles. The lowest BCUT2D eigenvalue weighted by molar-refractivity contribution is -0.185. The number of carbonyl (C=O) groups is 2. The van der Waals surface area contributed by atoms with Crippen LogP contribution in [-0.4, -0.2) is 59.3 Å². The summed E-state index contributed by atoms with van der Waals surface area (Å²) in [4.78, 5) is 40.5. The Balaban J connectivity index is 1.48. The molecule has 1 fully saturated rings. The van der Waals surface area contributed by atoms with Gasteiger partial charge in [-0.25, -0.2) is 9.59 Å². The molecule has 2 aromatic rings. The van der Waals surface area contributed by atoms with E-state index in [1.807, 2.05) is 30.0 Å². The van der Waals surface area contributed by atoms with Crippen molar-refractivity contribution in [3.05, 3.63) is 87.1 Å². The van der Waals surface area contributed by atoms with E-state index in [0.717, 1.165) is 41.6 Å². The van der Waals surface area contributed by atoms with Crippen molar-refractivity contribution < 1.29 is 28.6 Å². The van der Waals surface area contributed by atoms with Crippen molar-refractivity contribution in [2.24, 2.45) is 11.7 Å². The molecule has 0 radical (unpaired) electrons. The van der Waals surface area contributed by atoms with Crippen LogP contribution in [0.5, 0.6) is 5.75 Å². The van der Waals surface area contributed by atoms with E-state index in [4.69, 9.17) is 19.6 Å². The van der Waals surface area contributed by atoms with Crippen LogP contribution in [-0.2, 0) is 20.7 Å². The average Bonchev–Trinajstić information content (AvgIpc) is 3.31. The highest BCUT2D eigenvalue weighted by molar-refractivity contribution is 5.89. The first-order valence-electron chi connectivity index (χ1n) is 14.8. The Kier molecular flexibility index (Phi) is 7.41. The molecule has 10 nitrogen and oxygen atoms in total. The maximum absolute atomic E-state index is 13.5. The molecule has 3 aliphatic heterocycles. The number of dihydropyridines is 1. The predicted octanol–water partition coefficient (Wildman–Crippen LogP) is 3.00. The Labute approximate surface area is 249 Å². The molecule has 3 atom stereocenters. The maximum atomic E-state index is 13.5. The summed E-state index contributed by atoms with van der Waals surface area (Å²) in [6, 6.07) is 6.76. The Hall–Kier alpha value is -4.31. The Morgan fingerprint density at radius 3 is 2.81 bits per heavy atom. The zero-order valence-corrected chi connectivity index (χ0v) is 24.5. The van der Waals surface area contributed by atoms with Gasteiger partial charge in [-0.1, -0.05) is 18.2 Å². The lowest BCUT2D eigenvalue weighted by atomic mass is 9.63. The third-order valence-corrected chi connectivity index (χ3v) is 9.22. The summed E-state index contributed by atoms with van der Waals surface area (Å²) in [5, 5.41) is 13.5. The van der Waals surface area contributed by atoms with Crippen LogP contribution in [0.4, 0.5) is 0 Å². The summed E-state index contributed by atoms with van der Waals surface area (Å²) >= 11 is 0. The molecule has 0 unspecified atom stereocenters. The number of amides is 1. The molecule has 1 aromatic carbocycles. The molecule has 10 heteroatoms. The number of nitrogens with one attached hydrogen (secondary N) is 1. The molecular weight excluding hydrogens is 550 g/mol. The van der Waals surface area contributed by atoms with E-state index in [0.29, 0.717) is 42.1 Å². The SMILES string of the molecule is C/C=C(\CCO)C(=O)O[C@]1(C)CC=C[C@@H](C2=C(CC(=O)N3CCC3)CNC(N)=C2)[C@]12Cc1cc3ccc(=O)oc3cc1O2. The van der Waals surface area contributed by atoms with Gasteiger partial charge in [0.25, 0.3) is 0 Å². The summed E-state index contributed by atoms with van der Waals surface area (Å²) in [5.74, 6) is 0.121. The van der Waals surface area contributed by atoms with Crippen LogP contribution < -0.4 is 21.4 Å². The molecule has 6 rings (SSSR count). The number of nitrogens with two attached hydrogens (primary N) is 1. The molecule has 1 amide bonds. The number of carbonyl (C=O) groups excluding carboxylic acids is 2. The number of benzene rings is 1. The fourth-order valence-electron chi connectivity index (χ4n) is 6.65. The van der Waals surface area contributed by atoms with Crippen molar-refractivity contribution in [1.82, 2.24) is 10.2 Å². The van der Waals surface area contributed by atoms with E-state index in [-0.39, 0.29) is 25.4 Å². The molecule has 4 N–H and O–H groups in total. The van der Waals surface area contributed by atoms with Crippen LogP contribution in [0, 0.1) is 5.92 Å². The second-order valence-corrected chi connectivity index (χ2v) is 11.9. The van der Waals surface area contributed by atoms with Gasteiger partial charge < -0.3 is 34.9 Å². The second-order valence-electron chi connectivity index (χ2n) is 11.9. The van der Waals surface area contributed by atoms with Crippen molar-refractivity contribution in [2.45, 2.75) is 57.2 Å². The smallest absolute Gasteiger partial charge is 0.336 e. The highest BCUT2D eigenvalue weighted by Crippen LogP contribution is 2.54. The minimum absolute atomic E-state index is 0.0658. The summed E-state index contributed by atoms with van der Waals surface area (Å²) in [7, 11) is 0. The summed E-state index contributed by atoms with van der Waals surface area (Å²) < 4.78 is 18.8. The predicted molar refractivity (Wildman–Crippen MR) is 160 cm³/mol. The summed E-state index contributed by atoms with van der Waals surface area (Å²) in [6.45, 7) is 5.37. The second kappa shape index (κ2) is 11.1. The van der Waals surface area contributed by atoms with Gasteiger partial charge in [-0.2, -0.15) is 0 Å². The van der Waals surface area contributed by atoms with E-state index in [1.54, 1.807) is 25.1 Å². The first kappa shape index (κ1) is 28.8. The Morgan fingerprint density at radius 2 is 2.09 bits per heavy atom. The number of hydrogen-bond acceptors (Lipinski definition) is 9. The number of allylic oxidation sites excluding steroid dienone is 2. The minimum atomic E-state index is -1.16. The largest absolute Gasteiger partial charge is 0.481 e. The molecule has 0 saturated carbocycles. The van der Waals surface area contributed by atoms with Crippen LogP contribution in [0.3, 0.4) is 0 Å². The molecule has 1 aliphatic carbocycles. The quantitative estimate of drug-likeness (QED) is 0.193. The van der Waals surface area contributed by atoms with Crippen molar-refractivity contribution in [2.75, 3.05) is 26.2 Å². The van der Waals surface area contributed by atoms with E-state index in [9.17, 15) is 19.5 Å². The van der Waals surface area contributed by atoms with Crippen molar-refractivity contribution in [3.8, 4) is 5.75 Å². The summed E-state index contributed by atoms with van der Waals surface area (Å²) in [5.41, 5.74) is 6.98. The van der Waals surface area contributed by atoms with Crippen molar-refractivity contribution in [1.29, 1.82) is 0 Å². The fraction of sp³-hybridized carbons (Fsp3) is 0.424. The lowest BCUT2D eigenvalue weighted by Gasteiger charge is -2.51. The molecule has 1 saturated heterocycles.